The van der Waals surface area contributed by atoms with E-state index in [1.807, 2.05) is 35.8 Å². The Morgan fingerprint density at radius 2 is 2.06 bits per heavy atom. The third-order valence-corrected chi connectivity index (χ3v) is 7.19. The van der Waals surface area contributed by atoms with Crippen molar-refractivity contribution < 1.29 is 14.7 Å². The summed E-state index contributed by atoms with van der Waals surface area (Å²) >= 11 is 6.31. The molecule has 4 heterocycles. The van der Waals surface area contributed by atoms with Crippen molar-refractivity contribution in [1.29, 1.82) is 0 Å². The first-order valence-corrected chi connectivity index (χ1v) is 11.4. The second-order valence-corrected chi connectivity index (χ2v) is 9.50. The maximum atomic E-state index is 13.8. The molecule has 0 spiro atoms. The number of hydrogen-bond donors (Lipinski definition) is 2. The summed E-state index contributed by atoms with van der Waals surface area (Å²) in [6, 6.07) is 11.5. The molecule has 0 bridgehead atoms. The number of H-pyrrole nitrogens is 1. The van der Waals surface area contributed by atoms with Crippen LogP contribution in [0.5, 0.6) is 5.75 Å². The number of imide groups is 1. The van der Waals surface area contributed by atoms with Gasteiger partial charge in [0.25, 0.3) is 5.91 Å². The Morgan fingerprint density at radius 3 is 2.82 bits per heavy atom. The quantitative estimate of drug-likeness (QED) is 0.434. The minimum Gasteiger partial charge on any atom is -0.508 e. The van der Waals surface area contributed by atoms with Crippen LogP contribution in [0.15, 0.2) is 61.2 Å². The number of halogens is 1. The molecule has 3 amide bonds. The van der Waals surface area contributed by atoms with Crippen LogP contribution in [0.1, 0.15) is 29.8 Å². The second-order valence-electron chi connectivity index (χ2n) is 9.07. The summed E-state index contributed by atoms with van der Waals surface area (Å²) in [5, 5.41) is 11.8. The average molecular weight is 476 g/mol. The van der Waals surface area contributed by atoms with E-state index in [0.717, 1.165) is 27.7 Å². The normalized spacial score (nSPS) is 21.9. The van der Waals surface area contributed by atoms with Gasteiger partial charge in [0, 0.05) is 53.5 Å². The molecular formula is C25H22ClN5O3. The van der Waals surface area contributed by atoms with Crippen LogP contribution >= 0.6 is 11.6 Å². The molecule has 0 saturated carbocycles. The van der Waals surface area contributed by atoms with Crippen molar-refractivity contribution in [2.24, 2.45) is 0 Å². The largest absolute Gasteiger partial charge is 0.508 e. The zero-order chi connectivity index (χ0) is 23.6. The van der Waals surface area contributed by atoms with Crippen molar-refractivity contribution in [2.45, 2.75) is 31.5 Å². The number of phenolic OH excluding ortho intramolecular Hbond substituents is 1. The first-order chi connectivity index (χ1) is 16.4. The van der Waals surface area contributed by atoms with Gasteiger partial charge in [0.05, 0.1) is 6.33 Å². The predicted octanol–water partition coefficient (Wildman–Crippen LogP) is 4.09. The molecular weight excluding hydrogens is 454 g/mol. The number of carbonyl (C=O) groups is 2. The van der Waals surface area contributed by atoms with Gasteiger partial charge >= 0.3 is 6.03 Å². The lowest BCUT2D eigenvalue weighted by molar-refractivity contribution is -0.133. The van der Waals surface area contributed by atoms with Crippen LogP contribution in [0.2, 0.25) is 5.02 Å². The number of fused-ring (bicyclic) bond motifs is 4. The summed E-state index contributed by atoms with van der Waals surface area (Å²) in [5.74, 6) is -0.134. The minimum absolute atomic E-state index is 0.0976. The van der Waals surface area contributed by atoms with Crippen LogP contribution in [0.3, 0.4) is 0 Å². The Bertz CT molecular complexity index is 1450. The molecule has 1 fully saturated rings. The van der Waals surface area contributed by atoms with E-state index in [9.17, 15) is 14.7 Å². The van der Waals surface area contributed by atoms with Crippen LogP contribution in [0.25, 0.3) is 10.9 Å². The standard InChI is InChI=1S/C25H22ClN5O3/c1-25-13-19-18-12-16(26)5-6-20(18)28-21(19)22(15-3-2-4-17(32)11-15)31(25)24(34)30(23(25)33)10-9-29-8-7-27-14-29/h2-8,11-12,14,22,28,32H,9-10,13H2,1H3/t22-,25+/m1/s1. The number of phenols is 1. The van der Waals surface area contributed by atoms with Gasteiger partial charge in [-0.2, -0.15) is 0 Å². The van der Waals surface area contributed by atoms with E-state index in [-0.39, 0.29) is 24.2 Å². The lowest BCUT2D eigenvalue weighted by Crippen LogP contribution is -2.53. The Balaban J connectivity index is 1.50. The van der Waals surface area contributed by atoms with E-state index in [1.165, 1.54) is 4.90 Å². The van der Waals surface area contributed by atoms with Gasteiger partial charge in [-0.05, 0) is 48.4 Å². The highest BCUT2D eigenvalue weighted by Gasteiger charge is 2.60. The number of carbonyl (C=O) groups excluding carboxylic acids is 2. The number of aromatic amines is 1. The summed E-state index contributed by atoms with van der Waals surface area (Å²) < 4.78 is 1.84. The molecule has 172 valence electrons. The molecule has 2 aliphatic heterocycles. The van der Waals surface area contributed by atoms with Crippen LogP contribution in [-0.4, -0.2) is 53.5 Å². The Hall–Kier alpha value is -3.78. The van der Waals surface area contributed by atoms with E-state index >= 15 is 0 Å². The van der Waals surface area contributed by atoms with E-state index in [2.05, 4.69) is 9.97 Å². The molecule has 2 N–H and O–H groups in total. The predicted molar refractivity (Wildman–Crippen MR) is 127 cm³/mol. The zero-order valence-corrected chi connectivity index (χ0v) is 19.2. The van der Waals surface area contributed by atoms with Gasteiger partial charge < -0.3 is 14.7 Å². The topological polar surface area (TPSA) is 94.5 Å². The maximum absolute atomic E-state index is 13.8. The fourth-order valence-electron chi connectivity index (χ4n) is 5.36. The number of rotatable bonds is 4. The van der Waals surface area contributed by atoms with E-state index < -0.39 is 11.6 Å². The summed E-state index contributed by atoms with van der Waals surface area (Å²) in [7, 11) is 0. The van der Waals surface area contributed by atoms with E-state index in [4.69, 9.17) is 11.6 Å². The third-order valence-electron chi connectivity index (χ3n) is 6.96. The highest BCUT2D eigenvalue weighted by Crippen LogP contribution is 2.49. The van der Waals surface area contributed by atoms with Gasteiger partial charge in [0.2, 0.25) is 0 Å². The highest BCUT2D eigenvalue weighted by atomic mass is 35.5. The summed E-state index contributed by atoms with van der Waals surface area (Å²) in [6.07, 6.45) is 5.50. The number of imidazole rings is 1. The number of aromatic nitrogens is 3. The molecule has 8 nitrogen and oxygen atoms in total. The van der Waals surface area contributed by atoms with Gasteiger partial charge in [-0.1, -0.05) is 23.7 Å². The van der Waals surface area contributed by atoms with E-state index in [1.54, 1.807) is 41.8 Å². The smallest absolute Gasteiger partial charge is 0.328 e. The molecule has 2 aromatic carbocycles. The molecule has 2 aliphatic rings. The Kier molecular flexibility index (Phi) is 4.50. The van der Waals surface area contributed by atoms with Gasteiger partial charge in [0.15, 0.2) is 0 Å². The molecule has 2 atom stereocenters. The fraction of sp³-hybridized carbons (Fsp3) is 0.240. The number of amides is 3. The third kappa shape index (κ3) is 2.95. The van der Waals surface area contributed by atoms with Crippen LogP contribution in [0, 0.1) is 0 Å². The number of aromatic hydroxyl groups is 1. The number of benzene rings is 2. The monoisotopic (exact) mass is 475 g/mol. The van der Waals surface area contributed by atoms with Crippen molar-refractivity contribution in [2.75, 3.05) is 6.54 Å². The van der Waals surface area contributed by atoms with Crippen molar-refractivity contribution in [1.82, 2.24) is 24.3 Å². The lowest BCUT2D eigenvalue weighted by Gasteiger charge is -2.42. The highest BCUT2D eigenvalue weighted by molar-refractivity contribution is 6.31. The van der Waals surface area contributed by atoms with Crippen LogP contribution < -0.4 is 0 Å². The second kappa shape index (κ2) is 7.36. The van der Waals surface area contributed by atoms with Gasteiger partial charge in [0.1, 0.15) is 17.3 Å². The van der Waals surface area contributed by atoms with E-state index in [0.29, 0.717) is 18.0 Å². The van der Waals surface area contributed by atoms with Gasteiger partial charge in [-0.3, -0.25) is 14.6 Å². The first-order valence-electron chi connectivity index (χ1n) is 11.1. The van der Waals surface area contributed by atoms with Crippen molar-refractivity contribution in [3.8, 4) is 5.75 Å². The summed E-state index contributed by atoms with van der Waals surface area (Å²) in [5.41, 5.74) is 2.33. The first kappa shape index (κ1) is 20.8. The molecule has 0 radical (unpaired) electrons. The number of nitrogens with zero attached hydrogens (tertiary/aromatic N) is 4. The Labute approximate surface area is 200 Å². The van der Waals surface area contributed by atoms with Gasteiger partial charge in [-0.15, -0.1) is 0 Å². The number of hydrogen-bond acceptors (Lipinski definition) is 4. The summed E-state index contributed by atoms with van der Waals surface area (Å²) in [4.78, 5) is 38.0. The van der Waals surface area contributed by atoms with Crippen molar-refractivity contribution in [3.05, 3.63) is 83.0 Å². The van der Waals surface area contributed by atoms with Crippen molar-refractivity contribution in [3.63, 3.8) is 0 Å². The number of nitrogens with one attached hydrogen (secondary N) is 1. The molecule has 0 aliphatic carbocycles. The lowest BCUT2D eigenvalue weighted by atomic mass is 9.81. The number of urea groups is 1. The maximum Gasteiger partial charge on any atom is 0.328 e. The summed E-state index contributed by atoms with van der Waals surface area (Å²) in [6.45, 7) is 2.53. The molecule has 9 heteroatoms. The SMILES string of the molecule is C[C@@]12Cc3c([nH]c4ccc(Cl)cc34)[C@@H](c3cccc(O)c3)N1C(=O)N(CCn1ccnc1)C2=O. The molecule has 4 aromatic rings. The zero-order valence-electron chi connectivity index (χ0n) is 18.4. The molecule has 0 unspecified atom stereocenters. The molecule has 6 rings (SSSR count). The van der Waals surface area contributed by atoms with Gasteiger partial charge in [-0.25, -0.2) is 9.78 Å². The minimum atomic E-state index is -1.08. The van der Waals surface area contributed by atoms with Crippen molar-refractivity contribution >= 4 is 34.4 Å². The molecule has 2 aromatic heterocycles. The Morgan fingerprint density at radius 1 is 1.21 bits per heavy atom. The van der Waals surface area contributed by atoms with Crippen LogP contribution in [-0.2, 0) is 17.8 Å². The fourth-order valence-corrected chi connectivity index (χ4v) is 5.53. The molecule has 34 heavy (non-hydrogen) atoms. The van der Waals surface area contributed by atoms with Crippen LogP contribution in [0.4, 0.5) is 4.79 Å². The molecule has 1 saturated heterocycles. The average Bonchev–Trinajstić information content (AvgIpc) is 3.49.